The molecule has 0 spiro atoms. The first-order chi connectivity index (χ1) is 13.2. The number of H-pyrrole nitrogens is 1. The average Bonchev–Trinajstić information content (AvgIpc) is 3.11. The third-order valence-corrected chi connectivity index (χ3v) is 4.39. The Balaban J connectivity index is 1.38. The molecule has 4 nitrogen and oxygen atoms in total. The second-order valence-corrected chi connectivity index (χ2v) is 6.64. The molecule has 0 aliphatic carbocycles. The van der Waals surface area contributed by atoms with E-state index in [-0.39, 0.29) is 5.91 Å². The van der Waals surface area contributed by atoms with Crippen LogP contribution in [0.15, 0.2) is 79.0 Å². The second-order valence-electron chi connectivity index (χ2n) is 6.21. The summed E-state index contributed by atoms with van der Waals surface area (Å²) in [5, 5.41) is 4.63. The Morgan fingerprint density at radius 3 is 2.63 bits per heavy atom. The highest BCUT2D eigenvalue weighted by molar-refractivity contribution is 6.30. The lowest BCUT2D eigenvalue weighted by Crippen LogP contribution is -2.14. The number of halogens is 1. The van der Waals surface area contributed by atoms with Crippen LogP contribution in [-0.2, 0) is 11.2 Å². The minimum Gasteiger partial charge on any atom is -0.457 e. The van der Waals surface area contributed by atoms with Crippen LogP contribution in [0, 0.1) is 0 Å². The fourth-order valence-electron chi connectivity index (χ4n) is 2.88. The van der Waals surface area contributed by atoms with E-state index in [9.17, 15) is 4.79 Å². The van der Waals surface area contributed by atoms with Crippen molar-refractivity contribution in [2.75, 3.05) is 5.32 Å². The number of hydrogen-bond acceptors (Lipinski definition) is 2. The summed E-state index contributed by atoms with van der Waals surface area (Å²) in [6, 6.07) is 22.4. The van der Waals surface area contributed by atoms with Crippen LogP contribution >= 0.6 is 11.6 Å². The number of amides is 1. The Labute approximate surface area is 161 Å². The van der Waals surface area contributed by atoms with Crippen LogP contribution in [0.1, 0.15) is 5.56 Å². The molecule has 3 aromatic carbocycles. The predicted molar refractivity (Wildman–Crippen MR) is 109 cm³/mol. The minimum absolute atomic E-state index is 0.0617. The Bertz CT molecular complexity index is 1090. The Morgan fingerprint density at radius 1 is 0.963 bits per heavy atom. The lowest BCUT2D eigenvalue weighted by Gasteiger charge is -2.08. The Morgan fingerprint density at radius 2 is 1.81 bits per heavy atom. The number of carbonyl (C=O) groups is 1. The van der Waals surface area contributed by atoms with Crippen LogP contribution in [-0.4, -0.2) is 10.9 Å². The van der Waals surface area contributed by atoms with Crippen molar-refractivity contribution < 1.29 is 9.53 Å². The van der Waals surface area contributed by atoms with Gasteiger partial charge in [-0.1, -0.05) is 23.7 Å². The maximum Gasteiger partial charge on any atom is 0.228 e. The molecule has 1 aromatic heterocycles. The lowest BCUT2D eigenvalue weighted by atomic mass is 10.1. The predicted octanol–water partition coefficient (Wildman–Crippen LogP) is 5.79. The van der Waals surface area contributed by atoms with Crippen LogP contribution in [0.4, 0.5) is 5.69 Å². The number of hydrogen-bond donors (Lipinski definition) is 2. The molecule has 5 heteroatoms. The molecule has 0 saturated heterocycles. The van der Waals surface area contributed by atoms with E-state index in [0.717, 1.165) is 22.2 Å². The van der Waals surface area contributed by atoms with Crippen molar-refractivity contribution in [1.29, 1.82) is 0 Å². The van der Waals surface area contributed by atoms with Gasteiger partial charge in [-0.15, -0.1) is 0 Å². The Hall–Kier alpha value is -3.24. The summed E-state index contributed by atoms with van der Waals surface area (Å²) in [6.07, 6.45) is 2.21. The molecule has 0 saturated carbocycles. The van der Waals surface area contributed by atoms with Crippen LogP contribution in [0.25, 0.3) is 10.9 Å². The minimum atomic E-state index is -0.0617. The smallest absolute Gasteiger partial charge is 0.228 e. The van der Waals surface area contributed by atoms with Gasteiger partial charge in [-0.05, 0) is 71.6 Å². The van der Waals surface area contributed by atoms with Crippen molar-refractivity contribution in [2.24, 2.45) is 0 Å². The van der Waals surface area contributed by atoms with E-state index < -0.39 is 0 Å². The van der Waals surface area contributed by atoms with Crippen molar-refractivity contribution in [1.82, 2.24) is 4.98 Å². The molecular formula is C22H17ClN2O2. The number of fused-ring (bicyclic) bond motifs is 1. The van der Waals surface area contributed by atoms with Gasteiger partial charge in [-0.3, -0.25) is 4.79 Å². The van der Waals surface area contributed by atoms with E-state index >= 15 is 0 Å². The third-order valence-electron chi connectivity index (χ3n) is 4.15. The number of rotatable bonds is 5. The first kappa shape index (κ1) is 17.2. The molecule has 0 atom stereocenters. The number of aromatic nitrogens is 1. The van der Waals surface area contributed by atoms with E-state index in [0.29, 0.717) is 22.9 Å². The van der Waals surface area contributed by atoms with Crippen molar-refractivity contribution in [2.45, 2.75) is 6.42 Å². The number of nitrogens with one attached hydrogen (secondary N) is 2. The summed E-state index contributed by atoms with van der Waals surface area (Å²) < 4.78 is 5.75. The van der Waals surface area contributed by atoms with E-state index in [4.69, 9.17) is 16.3 Å². The fourth-order valence-corrected chi connectivity index (χ4v) is 3.06. The van der Waals surface area contributed by atoms with Gasteiger partial charge in [0, 0.05) is 22.4 Å². The van der Waals surface area contributed by atoms with Crippen molar-refractivity contribution in [3.05, 3.63) is 89.6 Å². The quantitative estimate of drug-likeness (QED) is 0.462. The topological polar surface area (TPSA) is 54.1 Å². The zero-order valence-corrected chi connectivity index (χ0v) is 15.2. The molecule has 1 heterocycles. The molecule has 4 aromatic rings. The summed E-state index contributed by atoms with van der Waals surface area (Å²) >= 11 is 5.96. The average molecular weight is 377 g/mol. The van der Waals surface area contributed by atoms with E-state index in [2.05, 4.69) is 10.3 Å². The molecule has 0 aliphatic heterocycles. The van der Waals surface area contributed by atoms with Crippen molar-refractivity contribution >= 4 is 34.1 Å². The summed E-state index contributed by atoms with van der Waals surface area (Å²) in [7, 11) is 0. The molecule has 0 radical (unpaired) electrons. The first-order valence-corrected chi connectivity index (χ1v) is 8.93. The van der Waals surface area contributed by atoms with Crippen molar-refractivity contribution in [3.8, 4) is 11.5 Å². The number of anilines is 1. The molecular weight excluding hydrogens is 360 g/mol. The molecule has 2 N–H and O–H groups in total. The van der Waals surface area contributed by atoms with E-state index in [1.807, 2.05) is 66.9 Å². The van der Waals surface area contributed by atoms with Crippen molar-refractivity contribution in [3.63, 3.8) is 0 Å². The van der Waals surface area contributed by atoms with Gasteiger partial charge in [0.05, 0.1) is 6.42 Å². The van der Waals surface area contributed by atoms with Gasteiger partial charge in [0.2, 0.25) is 5.91 Å². The zero-order valence-electron chi connectivity index (χ0n) is 14.4. The number of benzene rings is 3. The number of carbonyl (C=O) groups excluding carboxylic acids is 1. The SMILES string of the molecule is O=C(Cc1ccc2[nH]ccc2c1)Nc1ccc(Oc2cccc(Cl)c2)cc1. The highest BCUT2D eigenvalue weighted by Gasteiger charge is 2.06. The van der Waals surface area contributed by atoms with Gasteiger partial charge in [0.15, 0.2) is 0 Å². The largest absolute Gasteiger partial charge is 0.457 e. The maximum absolute atomic E-state index is 12.3. The van der Waals surface area contributed by atoms with Gasteiger partial charge >= 0.3 is 0 Å². The maximum atomic E-state index is 12.3. The summed E-state index contributed by atoms with van der Waals surface area (Å²) in [4.78, 5) is 15.5. The van der Waals surface area contributed by atoms with Gasteiger partial charge < -0.3 is 15.0 Å². The monoisotopic (exact) mass is 376 g/mol. The number of aromatic amines is 1. The molecule has 4 rings (SSSR count). The van der Waals surface area contributed by atoms with Gasteiger partial charge in [0.25, 0.3) is 0 Å². The molecule has 1 amide bonds. The molecule has 0 fully saturated rings. The van der Waals surface area contributed by atoms with Crippen LogP contribution in [0.5, 0.6) is 11.5 Å². The first-order valence-electron chi connectivity index (χ1n) is 8.55. The Kier molecular flexibility index (Phi) is 4.81. The normalized spacial score (nSPS) is 10.7. The molecule has 0 aliphatic rings. The van der Waals surface area contributed by atoms with Gasteiger partial charge in [-0.2, -0.15) is 0 Å². The fraction of sp³-hybridized carbons (Fsp3) is 0.0455. The number of ether oxygens (including phenoxy) is 1. The van der Waals surface area contributed by atoms with Crippen LogP contribution in [0.2, 0.25) is 5.02 Å². The van der Waals surface area contributed by atoms with Gasteiger partial charge in [-0.25, -0.2) is 0 Å². The highest BCUT2D eigenvalue weighted by atomic mass is 35.5. The summed E-state index contributed by atoms with van der Waals surface area (Å²) in [5.41, 5.74) is 2.76. The van der Waals surface area contributed by atoms with Gasteiger partial charge in [0.1, 0.15) is 11.5 Å². The van der Waals surface area contributed by atoms with Crippen LogP contribution < -0.4 is 10.1 Å². The summed E-state index contributed by atoms with van der Waals surface area (Å²) in [6.45, 7) is 0. The molecule has 0 unspecified atom stereocenters. The molecule has 27 heavy (non-hydrogen) atoms. The standard InChI is InChI=1S/C22H17ClN2O2/c23-17-2-1-3-20(14-17)27-19-7-5-18(6-8-19)25-22(26)13-15-4-9-21-16(12-15)10-11-24-21/h1-12,14,24H,13H2,(H,25,26). The highest BCUT2D eigenvalue weighted by Crippen LogP contribution is 2.25. The third kappa shape index (κ3) is 4.30. The molecule has 134 valence electrons. The second kappa shape index (κ2) is 7.56. The lowest BCUT2D eigenvalue weighted by molar-refractivity contribution is -0.115. The van der Waals surface area contributed by atoms with E-state index in [1.165, 1.54) is 0 Å². The summed E-state index contributed by atoms with van der Waals surface area (Å²) in [5.74, 6) is 1.28. The molecule has 0 bridgehead atoms. The zero-order chi connectivity index (χ0) is 18.6. The van der Waals surface area contributed by atoms with E-state index in [1.54, 1.807) is 12.1 Å². The van der Waals surface area contributed by atoms with Crippen LogP contribution in [0.3, 0.4) is 0 Å².